The van der Waals surface area contributed by atoms with Crippen molar-refractivity contribution in [1.82, 2.24) is 13.9 Å². The van der Waals surface area contributed by atoms with Crippen molar-refractivity contribution in [2.45, 2.75) is 0 Å². The van der Waals surface area contributed by atoms with Gasteiger partial charge in [0.2, 0.25) is 13.9 Å². The minimum absolute atomic E-state index is 0.0394. The highest BCUT2D eigenvalue weighted by Gasteiger charge is 2.17. The fourth-order valence-electron chi connectivity index (χ4n) is 1.93. The van der Waals surface area contributed by atoms with Crippen LogP contribution < -0.4 is 10.7 Å². The lowest BCUT2D eigenvalue weighted by Crippen LogP contribution is -2.19. The molecular weight excluding hydrogens is 217 g/mol. The Labute approximate surface area is 99.9 Å². The normalized spacial score (nSPS) is 12.5. The fourth-order valence-corrected chi connectivity index (χ4v) is 1.93. The SMILES string of the molecule is [B]n1c(O)c2c(=C)n(C)c(O)c2c1=CN(C)C. The molecule has 0 atom stereocenters. The van der Waals surface area contributed by atoms with Crippen LogP contribution in [0, 0.1) is 0 Å². The van der Waals surface area contributed by atoms with Gasteiger partial charge in [-0.15, -0.1) is 0 Å². The van der Waals surface area contributed by atoms with E-state index in [9.17, 15) is 10.2 Å². The van der Waals surface area contributed by atoms with Crippen LogP contribution in [0.1, 0.15) is 0 Å². The van der Waals surface area contributed by atoms with E-state index in [-0.39, 0.29) is 11.8 Å². The first-order chi connectivity index (χ1) is 7.86. The zero-order valence-corrected chi connectivity index (χ0v) is 10.1. The van der Waals surface area contributed by atoms with Crippen LogP contribution in [0.5, 0.6) is 11.8 Å². The van der Waals surface area contributed by atoms with Crippen molar-refractivity contribution in [3.05, 3.63) is 10.7 Å². The lowest BCUT2D eigenvalue weighted by atomic mass is 10.3. The molecule has 2 radical (unpaired) electrons. The van der Waals surface area contributed by atoms with Gasteiger partial charge in [0.05, 0.1) is 16.1 Å². The molecule has 0 aromatic carbocycles. The average Bonchev–Trinajstić information content (AvgIpc) is 2.62. The molecule has 0 aliphatic heterocycles. The van der Waals surface area contributed by atoms with E-state index < -0.39 is 0 Å². The first-order valence-electron chi connectivity index (χ1n) is 5.09. The van der Waals surface area contributed by atoms with E-state index in [0.29, 0.717) is 21.5 Å². The van der Waals surface area contributed by atoms with Crippen molar-refractivity contribution in [3.63, 3.8) is 0 Å². The van der Waals surface area contributed by atoms with E-state index in [4.69, 9.17) is 7.98 Å². The van der Waals surface area contributed by atoms with Crippen LogP contribution in [0.25, 0.3) is 23.6 Å². The van der Waals surface area contributed by atoms with Gasteiger partial charge in [0.1, 0.15) is 0 Å². The van der Waals surface area contributed by atoms with Crippen LogP contribution in [0.15, 0.2) is 0 Å². The molecule has 2 aromatic rings. The Morgan fingerprint density at radius 2 is 1.82 bits per heavy atom. The second kappa shape index (κ2) is 3.51. The Morgan fingerprint density at radius 1 is 1.24 bits per heavy atom. The first kappa shape index (κ1) is 11.5. The average molecular weight is 231 g/mol. The third-order valence-corrected chi connectivity index (χ3v) is 2.83. The quantitative estimate of drug-likeness (QED) is 0.621. The van der Waals surface area contributed by atoms with Crippen LogP contribution in [-0.2, 0) is 7.05 Å². The molecule has 0 saturated carbocycles. The lowest BCUT2D eigenvalue weighted by Gasteiger charge is -2.05. The Balaban J connectivity index is 3.10. The van der Waals surface area contributed by atoms with Gasteiger partial charge in [0, 0.05) is 32.7 Å². The third kappa shape index (κ3) is 1.40. The van der Waals surface area contributed by atoms with Crippen LogP contribution in [0.4, 0.5) is 0 Å². The maximum atomic E-state index is 10.0. The molecule has 6 heteroatoms. The smallest absolute Gasteiger partial charge is 0.239 e. The fraction of sp³-hybridized carbons (Fsp3) is 0.273. The van der Waals surface area contributed by atoms with Gasteiger partial charge < -0.3 is 24.2 Å². The second-order valence-electron chi connectivity index (χ2n) is 4.25. The van der Waals surface area contributed by atoms with Crippen molar-refractivity contribution in [2.24, 2.45) is 7.05 Å². The van der Waals surface area contributed by atoms with Gasteiger partial charge in [-0.2, -0.15) is 0 Å². The monoisotopic (exact) mass is 231 g/mol. The van der Waals surface area contributed by atoms with Gasteiger partial charge in [-0.05, 0) is 0 Å². The maximum Gasteiger partial charge on any atom is 0.239 e. The Kier molecular flexibility index (Phi) is 2.38. The molecule has 0 spiro atoms. The van der Waals surface area contributed by atoms with Crippen LogP contribution >= 0.6 is 0 Å². The molecule has 5 nitrogen and oxygen atoms in total. The van der Waals surface area contributed by atoms with Gasteiger partial charge in [-0.1, -0.05) is 6.58 Å². The van der Waals surface area contributed by atoms with Crippen molar-refractivity contribution in [2.75, 3.05) is 14.1 Å². The number of hydrogen-bond donors (Lipinski definition) is 2. The van der Waals surface area contributed by atoms with Crippen molar-refractivity contribution >= 4 is 31.5 Å². The van der Waals surface area contributed by atoms with Crippen molar-refractivity contribution in [3.8, 4) is 11.8 Å². The summed E-state index contributed by atoms with van der Waals surface area (Å²) in [7, 11) is 11.1. The second-order valence-corrected chi connectivity index (χ2v) is 4.25. The van der Waals surface area contributed by atoms with E-state index in [1.54, 1.807) is 18.1 Å². The van der Waals surface area contributed by atoms with Gasteiger partial charge in [-0.3, -0.25) is 0 Å². The van der Waals surface area contributed by atoms with Gasteiger partial charge in [0.15, 0.2) is 5.88 Å². The standard InChI is InChI=1S/C11H14BN3O2/c1-6-8-9(10(16)14(6)4)7(5-13(2)3)15(12)11(8)17/h5,16-17H,1H2,2-4H3. The molecule has 0 fully saturated rings. The summed E-state index contributed by atoms with van der Waals surface area (Å²) in [6.45, 7) is 3.81. The number of aromatic hydroxyl groups is 2. The summed E-state index contributed by atoms with van der Waals surface area (Å²) in [5, 5.41) is 22.0. The molecule has 0 bridgehead atoms. The molecule has 0 aliphatic rings. The zero-order chi connectivity index (χ0) is 12.9. The molecule has 2 N–H and O–H groups in total. The van der Waals surface area contributed by atoms with E-state index in [2.05, 4.69) is 6.58 Å². The van der Waals surface area contributed by atoms with Gasteiger partial charge in [0.25, 0.3) is 0 Å². The predicted octanol–water partition coefficient (Wildman–Crippen LogP) is -0.968. The van der Waals surface area contributed by atoms with Crippen LogP contribution in [0.3, 0.4) is 0 Å². The van der Waals surface area contributed by atoms with Crippen LogP contribution in [0.2, 0.25) is 0 Å². The Hall–Kier alpha value is -1.98. The van der Waals surface area contributed by atoms with Crippen molar-refractivity contribution in [1.29, 1.82) is 0 Å². The summed E-state index contributed by atoms with van der Waals surface area (Å²) in [6.07, 6.45) is 1.72. The topological polar surface area (TPSA) is 53.6 Å². The summed E-state index contributed by atoms with van der Waals surface area (Å²) in [6, 6.07) is 0. The lowest BCUT2D eigenvalue weighted by molar-refractivity contribution is 0.434. The molecule has 2 heterocycles. The minimum Gasteiger partial charge on any atom is -0.495 e. The summed E-state index contributed by atoms with van der Waals surface area (Å²) < 4.78 is 2.65. The highest BCUT2D eigenvalue weighted by atomic mass is 16.3. The molecule has 0 saturated heterocycles. The largest absolute Gasteiger partial charge is 0.495 e. The van der Waals surface area contributed by atoms with Crippen molar-refractivity contribution < 1.29 is 10.2 Å². The van der Waals surface area contributed by atoms with Gasteiger partial charge >= 0.3 is 0 Å². The molecule has 0 amide bonds. The van der Waals surface area contributed by atoms with Gasteiger partial charge in [-0.25, -0.2) is 0 Å². The van der Waals surface area contributed by atoms with E-state index >= 15 is 0 Å². The predicted molar refractivity (Wildman–Crippen MR) is 68.3 cm³/mol. The number of nitrogens with zero attached hydrogens (tertiary/aromatic N) is 3. The molecule has 17 heavy (non-hydrogen) atoms. The first-order valence-corrected chi connectivity index (χ1v) is 5.09. The molecule has 2 aromatic heterocycles. The molecule has 0 unspecified atom stereocenters. The molecule has 2 rings (SSSR count). The highest BCUT2D eigenvalue weighted by molar-refractivity contribution is 6.11. The number of aromatic nitrogens is 2. The Morgan fingerprint density at radius 3 is 2.35 bits per heavy atom. The molecule has 88 valence electrons. The highest BCUT2D eigenvalue weighted by Crippen LogP contribution is 2.26. The number of fused-ring (bicyclic) bond motifs is 1. The van der Waals surface area contributed by atoms with Crippen LogP contribution in [-0.4, -0.2) is 46.2 Å². The van der Waals surface area contributed by atoms with E-state index in [1.165, 1.54) is 4.57 Å². The summed E-state index contributed by atoms with van der Waals surface area (Å²) >= 11 is 0. The Bertz CT molecular complexity index is 697. The third-order valence-electron chi connectivity index (χ3n) is 2.83. The number of hydrogen-bond acceptors (Lipinski definition) is 3. The van der Waals surface area contributed by atoms with E-state index in [1.807, 2.05) is 14.1 Å². The minimum atomic E-state index is -0.103. The molecular formula is C11H14BN3O2. The van der Waals surface area contributed by atoms with E-state index in [0.717, 1.165) is 4.48 Å². The summed E-state index contributed by atoms with van der Waals surface area (Å²) in [5.41, 5.74) is 0. The molecule has 0 aliphatic carbocycles. The summed E-state index contributed by atoms with van der Waals surface area (Å²) in [4.78, 5) is 1.78. The number of rotatable bonds is 1. The maximum absolute atomic E-state index is 10.0. The zero-order valence-electron chi connectivity index (χ0n) is 10.1. The summed E-state index contributed by atoms with van der Waals surface area (Å²) in [5.74, 6) is -0.0633.